The first-order valence-corrected chi connectivity index (χ1v) is 10.7. The summed E-state index contributed by atoms with van der Waals surface area (Å²) in [5.74, 6) is -0.373. The van der Waals surface area contributed by atoms with Gasteiger partial charge in [0.15, 0.2) is 5.70 Å². The number of ether oxygens (including phenoxy) is 2. The Bertz CT molecular complexity index is 1200. The van der Waals surface area contributed by atoms with E-state index in [1.54, 1.807) is 54.6 Å². The van der Waals surface area contributed by atoms with Crippen molar-refractivity contribution in [2.75, 3.05) is 0 Å². The topological polar surface area (TPSA) is 65.0 Å². The van der Waals surface area contributed by atoms with Crippen molar-refractivity contribution in [1.82, 2.24) is 0 Å². The van der Waals surface area contributed by atoms with Gasteiger partial charge in [0.25, 0.3) is 0 Å². The fraction of sp³-hybridized carbons (Fsp3) is 0. The molecule has 3 aromatic carbocycles. The van der Waals surface area contributed by atoms with Crippen molar-refractivity contribution >= 4 is 62.4 Å². The average molecular weight is 574 g/mol. The lowest BCUT2D eigenvalue weighted by Crippen LogP contribution is -2.08. The van der Waals surface area contributed by atoms with Crippen LogP contribution in [0.15, 0.2) is 88.0 Å². The molecule has 3 aromatic rings. The Morgan fingerprint density at radius 2 is 1.83 bits per heavy atom. The Morgan fingerprint density at radius 3 is 2.60 bits per heavy atom. The summed E-state index contributed by atoms with van der Waals surface area (Å²) >= 11 is 5.66. The molecule has 0 N–H and O–H groups in total. The first-order chi connectivity index (χ1) is 14.5. The van der Waals surface area contributed by atoms with E-state index in [2.05, 4.69) is 43.5 Å². The fourth-order valence-corrected chi connectivity index (χ4v) is 3.44. The summed E-state index contributed by atoms with van der Waals surface area (Å²) in [4.78, 5) is 28.8. The second-order valence-electron chi connectivity index (χ2n) is 6.29. The molecule has 0 saturated carbocycles. The minimum atomic E-state index is -0.536. The number of cyclic esters (lactones) is 1. The molecule has 0 bridgehead atoms. The monoisotopic (exact) mass is 573 g/mol. The highest BCUT2D eigenvalue weighted by Crippen LogP contribution is 2.25. The number of nitrogens with zero attached hydrogens (tertiary/aromatic N) is 1. The molecule has 0 amide bonds. The highest BCUT2D eigenvalue weighted by atomic mass is 127. The lowest BCUT2D eigenvalue weighted by molar-refractivity contribution is -0.129. The summed E-state index contributed by atoms with van der Waals surface area (Å²) in [6, 6.07) is 21.2. The molecule has 7 heteroatoms. The van der Waals surface area contributed by atoms with Gasteiger partial charge < -0.3 is 9.47 Å². The second kappa shape index (κ2) is 8.93. The van der Waals surface area contributed by atoms with E-state index >= 15 is 0 Å². The van der Waals surface area contributed by atoms with Crippen LogP contribution in [0.5, 0.6) is 5.75 Å². The first kappa shape index (κ1) is 20.5. The van der Waals surface area contributed by atoms with Gasteiger partial charge in [-0.25, -0.2) is 14.6 Å². The summed E-state index contributed by atoms with van der Waals surface area (Å²) in [5, 5.41) is 0. The van der Waals surface area contributed by atoms with E-state index in [0.717, 1.165) is 8.04 Å². The number of halogens is 2. The summed E-state index contributed by atoms with van der Waals surface area (Å²) in [6.07, 6.45) is 1.59. The zero-order valence-corrected chi connectivity index (χ0v) is 19.1. The Morgan fingerprint density at radius 1 is 1.03 bits per heavy atom. The van der Waals surface area contributed by atoms with Crippen molar-refractivity contribution in [3.8, 4) is 5.75 Å². The molecule has 0 atom stereocenters. The minimum absolute atomic E-state index is 0.172. The number of hydrogen-bond donors (Lipinski definition) is 0. The van der Waals surface area contributed by atoms with Crippen LogP contribution < -0.4 is 4.74 Å². The average Bonchev–Trinajstić information content (AvgIpc) is 3.11. The molecule has 4 rings (SSSR count). The van der Waals surface area contributed by atoms with Crippen molar-refractivity contribution in [2.24, 2.45) is 4.99 Å². The Labute approximate surface area is 194 Å². The summed E-state index contributed by atoms with van der Waals surface area (Å²) in [5.41, 5.74) is 1.99. The lowest BCUT2D eigenvalue weighted by Gasteiger charge is -2.05. The number of aliphatic imine (C=N–C) groups is 1. The summed E-state index contributed by atoms with van der Waals surface area (Å²) in [6.45, 7) is 0. The molecule has 1 heterocycles. The molecule has 1 aliphatic rings. The number of hydrogen-bond acceptors (Lipinski definition) is 5. The molecule has 30 heavy (non-hydrogen) atoms. The highest BCUT2D eigenvalue weighted by Gasteiger charge is 2.24. The van der Waals surface area contributed by atoms with Gasteiger partial charge in [0.1, 0.15) is 5.75 Å². The molecule has 0 fully saturated rings. The largest absolute Gasteiger partial charge is 0.423 e. The highest BCUT2D eigenvalue weighted by molar-refractivity contribution is 14.1. The maximum atomic E-state index is 12.3. The zero-order chi connectivity index (χ0) is 21.1. The normalized spacial score (nSPS) is 14.4. The van der Waals surface area contributed by atoms with Crippen LogP contribution in [0.4, 0.5) is 0 Å². The third-order valence-electron chi connectivity index (χ3n) is 4.17. The second-order valence-corrected chi connectivity index (χ2v) is 8.31. The summed E-state index contributed by atoms with van der Waals surface area (Å²) in [7, 11) is 0. The van der Waals surface area contributed by atoms with Crippen LogP contribution in [-0.2, 0) is 9.53 Å². The third-order valence-corrected chi connectivity index (χ3v) is 6.51. The lowest BCUT2D eigenvalue weighted by atomic mass is 10.2. The van der Waals surface area contributed by atoms with Gasteiger partial charge in [0.2, 0.25) is 5.90 Å². The maximum Gasteiger partial charge on any atom is 0.363 e. The molecule has 0 aromatic heterocycles. The van der Waals surface area contributed by atoms with Crippen molar-refractivity contribution in [2.45, 2.75) is 0 Å². The van der Waals surface area contributed by atoms with Gasteiger partial charge in [-0.1, -0.05) is 30.3 Å². The fourth-order valence-electron chi connectivity index (χ4n) is 2.73. The molecule has 148 valence electrons. The van der Waals surface area contributed by atoms with Crippen LogP contribution in [0.25, 0.3) is 6.08 Å². The van der Waals surface area contributed by atoms with Crippen molar-refractivity contribution in [3.05, 3.63) is 103 Å². The van der Waals surface area contributed by atoms with Crippen molar-refractivity contribution in [1.29, 1.82) is 0 Å². The van der Waals surface area contributed by atoms with Gasteiger partial charge in [0, 0.05) is 13.6 Å². The molecule has 0 saturated heterocycles. The number of carbonyl (C=O) groups excluding carboxylic acids is 2. The standard InChI is InChI=1S/C23H13BrINO4/c24-18-13-16(9-10-19(18)25)21-26-20(23(28)30-21)12-14-5-4-8-17(11-14)29-22(27)15-6-2-1-3-7-15/h1-13H/b20-12-. The number of rotatable bonds is 4. The third kappa shape index (κ3) is 4.68. The predicted octanol–water partition coefficient (Wildman–Crippen LogP) is 5.62. The van der Waals surface area contributed by atoms with Crippen LogP contribution in [-0.4, -0.2) is 17.8 Å². The van der Waals surface area contributed by atoms with E-state index in [0.29, 0.717) is 22.4 Å². The Hall–Kier alpha value is -2.78. The van der Waals surface area contributed by atoms with Crippen LogP contribution in [0, 0.1) is 3.57 Å². The quantitative estimate of drug-likeness (QED) is 0.176. The van der Waals surface area contributed by atoms with E-state index in [1.807, 2.05) is 24.3 Å². The Balaban J connectivity index is 1.56. The van der Waals surface area contributed by atoms with Crippen LogP contribution in [0.1, 0.15) is 21.5 Å². The molecular weight excluding hydrogens is 561 g/mol. The SMILES string of the molecule is O=C1OC(c2ccc(I)c(Br)c2)=N/C1=C\c1cccc(OC(=O)c2ccccc2)c1. The van der Waals surface area contributed by atoms with E-state index < -0.39 is 11.9 Å². The predicted molar refractivity (Wildman–Crippen MR) is 125 cm³/mol. The molecule has 0 aliphatic carbocycles. The number of carbonyl (C=O) groups is 2. The maximum absolute atomic E-state index is 12.3. The van der Waals surface area contributed by atoms with Crippen molar-refractivity contribution < 1.29 is 19.1 Å². The molecule has 0 radical (unpaired) electrons. The van der Waals surface area contributed by atoms with E-state index in [9.17, 15) is 9.59 Å². The molecule has 0 unspecified atom stereocenters. The van der Waals surface area contributed by atoms with Gasteiger partial charge in [-0.2, -0.15) is 0 Å². The van der Waals surface area contributed by atoms with E-state index in [-0.39, 0.29) is 11.6 Å². The van der Waals surface area contributed by atoms with Crippen molar-refractivity contribution in [3.63, 3.8) is 0 Å². The van der Waals surface area contributed by atoms with E-state index in [4.69, 9.17) is 9.47 Å². The smallest absolute Gasteiger partial charge is 0.363 e. The van der Waals surface area contributed by atoms with Gasteiger partial charge in [-0.05, 0) is 92.6 Å². The molecule has 5 nitrogen and oxygen atoms in total. The summed E-state index contributed by atoms with van der Waals surface area (Å²) < 4.78 is 12.7. The van der Waals surface area contributed by atoms with Crippen LogP contribution in [0.3, 0.4) is 0 Å². The van der Waals surface area contributed by atoms with Gasteiger partial charge in [-0.3, -0.25) is 0 Å². The van der Waals surface area contributed by atoms with Crippen LogP contribution in [0.2, 0.25) is 0 Å². The number of esters is 2. The van der Waals surface area contributed by atoms with E-state index in [1.165, 1.54) is 0 Å². The molecule has 1 aliphatic heterocycles. The molecule has 0 spiro atoms. The zero-order valence-electron chi connectivity index (χ0n) is 15.3. The van der Waals surface area contributed by atoms with Gasteiger partial charge in [0.05, 0.1) is 5.56 Å². The number of benzene rings is 3. The van der Waals surface area contributed by atoms with Gasteiger partial charge >= 0.3 is 11.9 Å². The van der Waals surface area contributed by atoms with Gasteiger partial charge in [-0.15, -0.1) is 0 Å². The minimum Gasteiger partial charge on any atom is -0.423 e. The van der Waals surface area contributed by atoms with Crippen LogP contribution >= 0.6 is 38.5 Å². The molecular formula is C23H13BrINO4. The Kier molecular flexibility index (Phi) is 6.10. The first-order valence-electron chi connectivity index (χ1n) is 8.85.